The van der Waals surface area contributed by atoms with Gasteiger partial charge in [0.15, 0.2) is 5.52 Å². The molecule has 17 heteroatoms. The molecule has 0 radical (unpaired) electrons. The molecule has 1 aliphatic carbocycles. The lowest BCUT2D eigenvalue weighted by molar-refractivity contribution is -0.139. The molecule has 60 heavy (non-hydrogen) atoms. The number of aromatic amines is 2. The lowest BCUT2D eigenvalue weighted by Crippen LogP contribution is -2.22. The SMILES string of the molecule is COCCOCCOCCOCCOCCOCCOCCOCCOCCOC(=O)C=Cc1ccc(-c2nc3c(=O)[nH]c(=O)[nH]c3n2CCCCC2CCCCC2)cc1. The minimum absolute atomic E-state index is 0.116. The van der Waals surface area contributed by atoms with Gasteiger partial charge in [0, 0.05) is 25.3 Å². The first kappa shape index (κ1) is 48.9. The number of rotatable bonds is 35. The second-order valence-corrected chi connectivity index (χ2v) is 14.2. The first-order valence-electron chi connectivity index (χ1n) is 21.3. The summed E-state index contributed by atoms with van der Waals surface area (Å²) in [6, 6.07) is 7.50. The molecule has 1 fully saturated rings. The van der Waals surface area contributed by atoms with Crippen LogP contribution in [-0.4, -0.2) is 152 Å². The highest BCUT2D eigenvalue weighted by atomic mass is 16.6. The van der Waals surface area contributed by atoms with E-state index in [0.29, 0.717) is 124 Å². The van der Waals surface area contributed by atoms with Gasteiger partial charge in [-0.15, -0.1) is 0 Å². The molecule has 0 saturated heterocycles. The van der Waals surface area contributed by atoms with Crippen LogP contribution in [0.5, 0.6) is 0 Å². The summed E-state index contributed by atoms with van der Waals surface area (Å²) in [5.41, 5.74) is 1.15. The average molecular weight is 847 g/mol. The van der Waals surface area contributed by atoms with Crippen LogP contribution in [0.15, 0.2) is 39.9 Å². The van der Waals surface area contributed by atoms with Crippen LogP contribution in [0, 0.1) is 5.92 Å². The van der Waals surface area contributed by atoms with Gasteiger partial charge in [0.05, 0.1) is 112 Å². The van der Waals surface area contributed by atoms with Crippen LogP contribution in [0.3, 0.4) is 0 Å². The third-order valence-corrected chi connectivity index (χ3v) is 9.70. The maximum absolute atomic E-state index is 12.6. The van der Waals surface area contributed by atoms with E-state index in [2.05, 4.69) is 15.0 Å². The number of carbonyl (C=O) groups excluding carboxylic acids is 1. The van der Waals surface area contributed by atoms with Gasteiger partial charge in [-0.25, -0.2) is 14.6 Å². The molecule has 336 valence electrons. The molecule has 0 spiro atoms. The van der Waals surface area contributed by atoms with Gasteiger partial charge in [-0.05, 0) is 24.0 Å². The summed E-state index contributed by atoms with van der Waals surface area (Å²) >= 11 is 0. The van der Waals surface area contributed by atoms with Gasteiger partial charge in [0.1, 0.15) is 18.1 Å². The van der Waals surface area contributed by atoms with Gasteiger partial charge < -0.3 is 51.9 Å². The Morgan fingerprint density at radius 2 is 1.17 bits per heavy atom. The molecule has 17 nitrogen and oxygen atoms in total. The molecule has 2 heterocycles. The van der Waals surface area contributed by atoms with Crippen LogP contribution >= 0.6 is 0 Å². The monoisotopic (exact) mass is 846 g/mol. The molecule has 3 aromatic rings. The maximum Gasteiger partial charge on any atom is 0.330 e. The van der Waals surface area contributed by atoms with Crippen molar-refractivity contribution in [2.45, 2.75) is 57.9 Å². The van der Waals surface area contributed by atoms with Gasteiger partial charge in [-0.3, -0.25) is 14.8 Å². The van der Waals surface area contributed by atoms with Crippen LogP contribution in [-0.2, 0) is 58.7 Å². The molecule has 4 rings (SSSR count). The number of hydrogen-bond donors (Lipinski definition) is 2. The third-order valence-electron chi connectivity index (χ3n) is 9.70. The van der Waals surface area contributed by atoms with Crippen molar-refractivity contribution in [3.05, 3.63) is 56.7 Å². The molecule has 0 unspecified atom stereocenters. The minimum Gasteiger partial charge on any atom is -0.460 e. The van der Waals surface area contributed by atoms with Gasteiger partial charge in [-0.1, -0.05) is 69.2 Å². The number of benzene rings is 1. The van der Waals surface area contributed by atoms with Crippen LogP contribution in [0.4, 0.5) is 0 Å². The molecule has 0 amide bonds. The average Bonchev–Trinajstić information content (AvgIpc) is 3.63. The Labute approximate surface area is 352 Å². The molecule has 1 aliphatic rings. The van der Waals surface area contributed by atoms with Crippen molar-refractivity contribution in [3.8, 4) is 11.4 Å². The Bertz CT molecular complexity index is 1720. The molecule has 1 saturated carbocycles. The van der Waals surface area contributed by atoms with E-state index < -0.39 is 17.2 Å². The summed E-state index contributed by atoms with van der Waals surface area (Å²) in [4.78, 5) is 46.7. The van der Waals surface area contributed by atoms with Crippen LogP contribution in [0.1, 0.15) is 56.9 Å². The zero-order valence-corrected chi connectivity index (χ0v) is 35.3. The van der Waals surface area contributed by atoms with E-state index in [4.69, 9.17) is 47.4 Å². The van der Waals surface area contributed by atoms with Crippen LogP contribution in [0.2, 0.25) is 0 Å². The quantitative estimate of drug-likeness (QED) is 0.0487. The number of esters is 1. The number of imidazole rings is 1. The zero-order chi connectivity index (χ0) is 42.3. The van der Waals surface area contributed by atoms with E-state index >= 15 is 0 Å². The fourth-order valence-electron chi connectivity index (χ4n) is 6.60. The second-order valence-electron chi connectivity index (χ2n) is 14.2. The number of unbranched alkanes of at least 4 members (excludes halogenated alkanes) is 1. The number of aryl methyl sites for hydroxylation is 1. The second kappa shape index (κ2) is 31.1. The number of nitrogens with one attached hydrogen (secondary N) is 2. The van der Waals surface area contributed by atoms with E-state index in [9.17, 15) is 14.4 Å². The predicted octanol–water partition coefficient (Wildman–Crippen LogP) is 4.17. The van der Waals surface area contributed by atoms with Crippen LogP contribution in [0.25, 0.3) is 28.6 Å². The Hall–Kier alpha value is -3.78. The fraction of sp³-hybridized carbons (Fsp3) is 0.674. The Balaban J connectivity index is 0.971. The van der Waals surface area contributed by atoms with Crippen molar-refractivity contribution >= 4 is 23.2 Å². The summed E-state index contributed by atoms with van der Waals surface area (Å²) in [6.07, 6.45) is 12.8. The first-order valence-corrected chi connectivity index (χ1v) is 21.3. The van der Waals surface area contributed by atoms with Crippen molar-refractivity contribution in [2.75, 3.05) is 126 Å². The number of carbonyl (C=O) groups is 1. The maximum atomic E-state index is 12.6. The smallest absolute Gasteiger partial charge is 0.330 e. The molecular formula is C43H66N4O13. The number of H-pyrrole nitrogens is 2. The highest BCUT2D eigenvalue weighted by Gasteiger charge is 2.17. The van der Waals surface area contributed by atoms with Gasteiger partial charge in [0.2, 0.25) is 0 Å². The molecular weight excluding hydrogens is 780 g/mol. The number of methoxy groups -OCH3 is 1. The number of fused-ring (bicyclic) bond motifs is 1. The van der Waals surface area contributed by atoms with E-state index in [1.165, 1.54) is 44.6 Å². The van der Waals surface area contributed by atoms with E-state index in [1.54, 1.807) is 13.2 Å². The molecule has 0 atom stereocenters. The lowest BCUT2D eigenvalue weighted by Gasteiger charge is -2.21. The number of aromatic nitrogens is 4. The number of nitrogens with zero attached hydrogens (tertiary/aromatic N) is 2. The van der Waals surface area contributed by atoms with Crippen LogP contribution < -0.4 is 11.2 Å². The van der Waals surface area contributed by atoms with Gasteiger partial charge >= 0.3 is 11.7 Å². The van der Waals surface area contributed by atoms with Gasteiger partial charge in [0.25, 0.3) is 5.56 Å². The van der Waals surface area contributed by atoms with Crippen molar-refractivity contribution in [1.29, 1.82) is 0 Å². The Morgan fingerprint density at radius 3 is 1.68 bits per heavy atom. The summed E-state index contributed by atoms with van der Waals surface area (Å²) in [5, 5.41) is 0. The number of hydrogen-bond acceptors (Lipinski definition) is 14. The van der Waals surface area contributed by atoms with E-state index in [1.807, 2.05) is 28.8 Å². The molecule has 2 aromatic heterocycles. The summed E-state index contributed by atoms with van der Waals surface area (Å²) < 4.78 is 55.7. The lowest BCUT2D eigenvalue weighted by atomic mass is 9.86. The molecule has 0 bridgehead atoms. The first-order chi connectivity index (χ1) is 29.5. The normalized spacial score (nSPS) is 13.6. The molecule has 1 aromatic carbocycles. The highest BCUT2D eigenvalue weighted by molar-refractivity contribution is 5.87. The van der Waals surface area contributed by atoms with Crippen molar-refractivity contribution in [3.63, 3.8) is 0 Å². The van der Waals surface area contributed by atoms with Gasteiger partial charge in [-0.2, -0.15) is 0 Å². The van der Waals surface area contributed by atoms with Crippen molar-refractivity contribution in [2.24, 2.45) is 5.92 Å². The third kappa shape index (κ3) is 20.2. The number of ether oxygens (including phenoxy) is 10. The Morgan fingerprint density at radius 1 is 0.667 bits per heavy atom. The standard InChI is InChI=1S/C43H66N4O13/c1-51-17-18-52-19-20-53-21-22-54-23-24-55-25-26-56-27-28-57-29-30-58-31-32-59-33-34-60-38(48)15-12-36-10-13-37(14-11-36)40-44-39-41(45-43(50)46-42(39)49)47(40)16-6-5-9-35-7-3-2-4-8-35/h10-15,35H,2-9,16-34H2,1H3,(H2,45,46,49,50). The summed E-state index contributed by atoms with van der Waals surface area (Å²) in [7, 11) is 1.64. The van der Waals surface area contributed by atoms with E-state index in [-0.39, 0.29) is 18.7 Å². The summed E-state index contributed by atoms with van der Waals surface area (Å²) in [5.74, 6) is 0.922. The zero-order valence-electron chi connectivity index (χ0n) is 35.3. The largest absolute Gasteiger partial charge is 0.460 e. The predicted molar refractivity (Wildman–Crippen MR) is 225 cm³/mol. The Kier molecular flexibility index (Phi) is 25.4. The van der Waals surface area contributed by atoms with Crippen molar-refractivity contribution < 1.29 is 52.2 Å². The minimum atomic E-state index is -0.556. The highest BCUT2D eigenvalue weighted by Crippen LogP contribution is 2.28. The summed E-state index contributed by atoms with van der Waals surface area (Å²) in [6.45, 7) is 8.77. The van der Waals surface area contributed by atoms with Crippen molar-refractivity contribution in [1.82, 2.24) is 19.5 Å². The fourth-order valence-corrected chi connectivity index (χ4v) is 6.60. The van der Waals surface area contributed by atoms with E-state index in [0.717, 1.165) is 29.9 Å². The topological polar surface area (TPSA) is 193 Å². The molecule has 2 N–H and O–H groups in total. The molecule has 0 aliphatic heterocycles.